The van der Waals surface area contributed by atoms with Crippen LogP contribution in [0.1, 0.15) is 15.9 Å². The molecule has 4 nitrogen and oxygen atoms in total. The number of rotatable bonds is 2. The van der Waals surface area contributed by atoms with Crippen molar-refractivity contribution in [3.8, 4) is 22.4 Å². The third kappa shape index (κ3) is 2.45. The van der Waals surface area contributed by atoms with Gasteiger partial charge in [-0.1, -0.05) is 54.1 Å². The largest absolute Gasteiger partial charge is 0.345 e. The Kier molecular flexibility index (Phi) is 3.93. The molecule has 0 atom stereocenters. The summed E-state index contributed by atoms with van der Waals surface area (Å²) in [7, 11) is 3.41. The first-order valence-corrected chi connectivity index (χ1v) is 8.69. The maximum atomic E-state index is 13.2. The van der Waals surface area contributed by atoms with Crippen LogP contribution in [0, 0.1) is 0 Å². The molecule has 0 saturated heterocycles. The molecular weight excluding hydrogens is 348 g/mol. The van der Waals surface area contributed by atoms with E-state index in [1.165, 1.54) is 4.90 Å². The molecule has 1 aliphatic rings. The first-order chi connectivity index (χ1) is 12.5. The second kappa shape index (κ2) is 6.15. The van der Waals surface area contributed by atoms with E-state index >= 15 is 0 Å². The van der Waals surface area contributed by atoms with Crippen LogP contribution in [0.4, 0.5) is 0 Å². The third-order valence-corrected chi connectivity index (χ3v) is 4.99. The van der Waals surface area contributed by atoms with Crippen molar-refractivity contribution in [1.82, 2.24) is 9.47 Å². The van der Waals surface area contributed by atoms with E-state index in [9.17, 15) is 9.59 Å². The van der Waals surface area contributed by atoms with E-state index in [1.54, 1.807) is 30.8 Å². The van der Waals surface area contributed by atoms with Gasteiger partial charge in [-0.05, 0) is 23.3 Å². The molecule has 0 radical (unpaired) electrons. The van der Waals surface area contributed by atoms with E-state index in [0.717, 1.165) is 16.7 Å². The van der Waals surface area contributed by atoms with Gasteiger partial charge >= 0.3 is 0 Å². The van der Waals surface area contributed by atoms with Crippen molar-refractivity contribution < 1.29 is 4.79 Å². The predicted molar refractivity (Wildman–Crippen MR) is 104 cm³/mol. The summed E-state index contributed by atoms with van der Waals surface area (Å²) in [5.41, 5.74) is 4.01. The number of hydrogen-bond acceptors (Lipinski definition) is 2. The van der Waals surface area contributed by atoms with Gasteiger partial charge in [0.2, 0.25) is 0 Å². The van der Waals surface area contributed by atoms with Crippen molar-refractivity contribution in [3.63, 3.8) is 0 Å². The highest BCUT2D eigenvalue weighted by Crippen LogP contribution is 2.39. The van der Waals surface area contributed by atoms with Crippen LogP contribution < -0.4 is 5.56 Å². The molecule has 1 amide bonds. The molecule has 2 heterocycles. The van der Waals surface area contributed by atoms with Gasteiger partial charge in [0, 0.05) is 25.2 Å². The van der Waals surface area contributed by atoms with E-state index in [0.29, 0.717) is 28.4 Å². The van der Waals surface area contributed by atoms with Gasteiger partial charge in [-0.3, -0.25) is 9.59 Å². The number of aromatic nitrogens is 1. The fourth-order valence-electron chi connectivity index (χ4n) is 3.45. The fraction of sp³-hybridized carbons (Fsp3) is 0.143. The highest BCUT2D eigenvalue weighted by Gasteiger charge is 2.29. The normalized spacial score (nSPS) is 11.8. The van der Waals surface area contributed by atoms with E-state index < -0.39 is 0 Å². The maximum Gasteiger partial charge on any atom is 0.259 e. The third-order valence-electron chi connectivity index (χ3n) is 4.68. The van der Waals surface area contributed by atoms with Gasteiger partial charge in [-0.15, -0.1) is 0 Å². The molecule has 0 bridgehead atoms. The number of pyridine rings is 1. The van der Waals surface area contributed by atoms with Crippen molar-refractivity contribution in [2.45, 2.75) is 6.54 Å². The zero-order chi connectivity index (χ0) is 18.4. The fourth-order valence-corrected chi connectivity index (χ4v) is 3.74. The Bertz CT molecular complexity index is 1090. The Labute approximate surface area is 156 Å². The van der Waals surface area contributed by atoms with Crippen molar-refractivity contribution >= 4 is 17.5 Å². The summed E-state index contributed by atoms with van der Waals surface area (Å²) in [5.74, 6) is -0.154. The van der Waals surface area contributed by atoms with Gasteiger partial charge in [-0.2, -0.15) is 0 Å². The minimum Gasteiger partial charge on any atom is -0.345 e. The molecule has 0 unspecified atom stereocenters. The van der Waals surface area contributed by atoms with Crippen LogP contribution in [0.2, 0.25) is 5.02 Å². The maximum absolute atomic E-state index is 13.2. The Morgan fingerprint density at radius 3 is 2.50 bits per heavy atom. The Hall–Kier alpha value is -2.85. The Balaban J connectivity index is 2.08. The predicted octanol–water partition coefficient (Wildman–Crippen LogP) is 3.90. The van der Waals surface area contributed by atoms with Crippen LogP contribution in [0.15, 0.2) is 59.4 Å². The molecule has 130 valence electrons. The molecule has 0 spiro atoms. The van der Waals surface area contributed by atoms with E-state index in [4.69, 9.17) is 11.6 Å². The number of hydrogen-bond donors (Lipinski definition) is 0. The van der Waals surface area contributed by atoms with Crippen LogP contribution >= 0.6 is 11.6 Å². The molecular formula is C21H17ClN2O2. The van der Waals surface area contributed by atoms with Crippen molar-refractivity contribution in [1.29, 1.82) is 0 Å². The number of nitrogens with zero attached hydrogens (tertiary/aromatic N) is 2. The second-order valence-electron chi connectivity index (χ2n) is 6.55. The number of amides is 1. The number of carbonyl (C=O) groups excluding carboxylic acids is 1. The summed E-state index contributed by atoms with van der Waals surface area (Å²) < 4.78 is 1.66. The number of fused-ring (bicyclic) bond motifs is 3. The molecule has 4 rings (SSSR count). The first-order valence-electron chi connectivity index (χ1n) is 8.31. The minimum atomic E-state index is -0.154. The van der Waals surface area contributed by atoms with Crippen LogP contribution in [-0.2, 0) is 6.54 Å². The molecule has 1 aromatic heterocycles. The molecule has 0 fully saturated rings. The molecule has 3 aromatic rings. The van der Waals surface area contributed by atoms with Crippen molar-refractivity contribution in [3.05, 3.63) is 81.1 Å². The summed E-state index contributed by atoms with van der Waals surface area (Å²) in [6.07, 6.45) is 0. The highest BCUT2D eigenvalue weighted by atomic mass is 35.5. The molecule has 1 aliphatic heterocycles. The van der Waals surface area contributed by atoms with Gasteiger partial charge in [0.15, 0.2) is 0 Å². The summed E-state index contributed by atoms with van der Waals surface area (Å²) in [6.45, 7) is 0.415. The Morgan fingerprint density at radius 2 is 1.81 bits per heavy atom. The highest BCUT2D eigenvalue weighted by molar-refractivity contribution is 6.33. The summed E-state index contributed by atoms with van der Waals surface area (Å²) in [5, 5.41) is 0.549. The zero-order valence-corrected chi connectivity index (χ0v) is 15.2. The summed E-state index contributed by atoms with van der Waals surface area (Å²) in [4.78, 5) is 27.6. The lowest BCUT2D eigenvalue weighted by Crippen LogP contribution is -2.28. The van der Waals surface area contributed by atoms with E-state index in [1.807, 2.05) is 42.5 Å². The second-order valence-corrected chi connectivity index (χ2v) is 6.96. The van der Waals surface area contributed by atoms with Crippen molar-refractivity contribution in [2.75, 3.05) is 14.1 Å². The number of benzene rings is 2. The first kappa shape index (κ1) is 16.6. The molecule has 0 saturated carbocycles. The van der Waals surface area contributed by atoms with Crippen molar-refractivity contribution in [2.24, 2.45) is 0 Å². The van der Waals surface area contributed by atoms with Crippen LogP contribution in [0.5, 0.6) is 0 Å². The quantitative estimate of drug-likeness (QED) is 0.541. The van der Waals surface area contributed by atoms with Gasteiger partial charge in [-0.25, -0.2) is 0 Å². The lowest BCUT2D eigenvalue weighted by Gasteiger charge is -2.17. The lowest BCUT2D eigenvalue weighted by atomic mass is 9.99. The van der Waals surface area contributed by atoms with Crippen LogP contribution in [-0.4, -0.2) is 29.5 Å². The van der Waals surface area contributed by atoms with Gasteiger partial charge in [0.05, 0.1) is 22.8 Å². The standard InChI is InChI=1S/C21H17ClN2O2/c1-23(2)20(25)16-11-15(13-7-4-3-5-8-13)21(26)24-12-14-9-6-10-17(22)18(14)19(16)24/h3-11H,12H2,1-2H3. The average molecular weight is 365 g/mol. The molecule has 2 aromatic carbocycles. The molecule has 0 N–H and O–H groups in total. The molecule has 5 heteroatoms. The molecule has 26 heavy (non-hydrogen) atoms. The smallest absolute Gasteiger partial charge is 0.259 e. The topological polar surface area (TPSA) is 42.3 Å². The minimum absolute atomic E-state index is 0.117. The summed E-state index contributed by atoms with van der Waals surface area (Å²) in [6, 6.07) is 16.7. The van der Waals surface area contributed by atoms with E-state index in [-0.39, 0.29) is 11.5 Å². The Morgan fingerprint density at radius 1 is 1.08 bits per heavy atom. The zero-order valence-electron chi connectivity index (χ0n) is 14.5. The van der Waals surface area contributed by atoms with Gasteiger partial charge < -0.3 is 9.47 Å². The van der Waals surface area contributed by atoms with Crippen LogP contribution in [0.3, 0.4) is 0 Å². The van der Waals surface area contributed by atoms with Crippen LogP contribution in [0.25, 0.3) is 22.4 Å². The number of halogens is 1. The average Bonchev–Trinajstić information content (AvgIpc) is 3.04. The monoisotopic (exact) mass is 364 g/mol. The van der Waals surface area contributed by atoms with Gasteiger partial charge in [0.25, 0.3) is 11.5 Å². The number of carbonyl (C=O) groups is 1. The SMILES string of the molecule is CN(C)C(=O)c1cc(-c2ccccc2)c(=O)n2c1-c1c(Cl)cccc1C2. The van der Waals surface area contributed by atoms with E-state index in [2.05, 4.69) is 0 Å². The lowest BCUT2D eigenvalue weighted by molar-refractivity contribution is 0.0827. The summed E-state index contributed by atoms with van der Waals surface area (Å²) >= 11 is 6.42. The van der Waals surface area contributed by atoms with Gasteiger partial charge in [0.1, 0.15) is 0 Å². The molecule has 0 aliphatic carbocycles.